The standard InChI is InChI=1S/C21H28N2O3S/c1-2-25-18-6-3-4-7-19(18)26-14-5-8-21(24)22-11-13-23-12-9-20-17(16-23)10-15-27-20/h3-4,6-7,10,15H,2,5,8-9,11-14,16H2,1H3,(H,22,24). The Bertz CT molecular complexity index is 732. The van der Waals surface area contributed by atoms with Gasteiger partial charge in [-0.2, -0.15) is 0 Å². The van der Waals surface area contributed by atoms with Gasteiger partial charge in [0.2, 0.25) is 5.91 Å². The highest BCUT2D eigenvalue weighted by molar-refractivity contribution is 7.10. The predicted molar refractivity (Wildman–Crippen MR) is 109 cm³/mol. The number of amides is 1. The number of ether oxygens (including phenoxy) is 2. The molecule has 1 aromatic carbocycles. The Balaban J connectivity index is 1.28. The van der Waals surface area contributed by atoms with E-state index < -0.39 is 0 Å². The van der Waals surface area contributed by atoms with Crippen LogP contribution in [0.25, 0.3) is 0 Å². The lowest BCUT2D eigenvalue weighted by atomic mass is 10.1. The third-order valence-corrected chi connectivity index (χ3v) is 5.61. The van der Waals surface area contributed by atoms with Crippen molar-refractivity contribution in [3.05, 3.63) is 46.2 Å². The maximum atomic E-state index is 12.0. The Labute approximate surface area is 165 Å². The van der Waals surface area contributed by atoms with Crippen LogP contribution in [0, 0.1) is 0 Å². The molecule has 0 spiro atoms. The van der Waals surface area contributed by atoms with E-state index in [0.717, 1.165) is 37.6 Å². The number of nitrogens with one attached hydrogen (secondary N) is 1. The third-order valence-electron chi connectivity index (χ3n) is 4.59. The Morgan fingerprint density at radius 2 is 2.04 bits per heavy atom. The van der Waals surface area contributed by atoms with Crippen molar-refractivity contribution < 1.29 is 14.3 Å². The van der Waals surface area contributed by atoms with Crippen LogP contribution in [0.3, 0.4) is 0 Å². The number of carbonyl (C=O) groups excluding carboxylic acids is 1. The summed E-state index contributed by atoms with van der Waals surface area (Å²) >= 11 is 1.85. The molecule has 5 nitrogen and oxygen atoms in total. The van der Waals surface area contributed by atoms with E-state index in [4.69, 9.17) is 9.47 Å². The van der Waals surface area contributed by atoms with Crippen molar-refractivity contribution in [1.82, 2.24) is 10.2 Å². The molecular weight excluding hydrogens is 360 g/mol. The summed E-state index contributed by atoms with van der Waals surface area (Å²) < 4.78 is 11.3. The summed E-state index contributed by atoms with van der Waals surface area (Å²) in [6.07, 6.45) is 2.29. The summed E-state index contributed by atoms with van der Waals surface area (Å²) in [6.45, 7) is 6.74. The van der Waals surface area contributed by atoms with Crippen molar-refractivity contribution in [2.45, 2.75) is 32.7 Å². The van der Waals surface area contributed by atoms with Gasteiger partial charge in [-0.15, -0.1) is 11.3 Å². The van der Waals surface area contributed by atoms with Gasteiger partial charge in [0.1, 0.15) is 0 Å². The van der Waals surface area contributed by atoms with Gasteiger partial charge in [-0.05, 0) is 48.9 Å². The van der Waals surface area contributed by atoms with E-state index in [-0.39, 0.29) is 5.91 Å². The SMILES string of the molecule is CCOc1ccccc1OCCCC(=O)NCCN1CCc2sccc2C1. The number of hydrogen-bond acceptors (Lipinski definition) is 5. The van der Waals surface area contributed by atoms with E-state index in [9.17, 15) is 4.79 Å². The lowest BCUT2D eigenvalue weighted by molar-refractivity contribution is -0.121. The molecule has 146 valence electrons. The minimum Gasteiger partial charge on any atom is -0.490 e. The molecule has 0 saturated heterocycles. The number of hydrogen-bond donors (Lipinski definition) is 1. The predicted octanol–water partition coefficient (Wildman–Crippen LogP) is 3.48. The summed E-state index contributed by atoms with van der Waals surface area (Å²) in [6, 6.07) is 9.85. The molecule has 1 aliphatic heterocycles. The van der Waals surface area contributed by atoms with Gasteiger partial charge in [-0.25, -0.2) is 0 Å². The second-order valence-corrected chi connectivity index (χ2v) is 7.58. The zero-order valence-electron chi connectivity index (χ0n) is 15.9. The van der Waals surface area contributed by atoms with Crippen LogP contribution in [0.5, 0.6) is 11.5 Å². The van der Waals surface area contributed by atoms with Gasteiger partial charge in [0.15, 0.2) is 11.5 Å². The monoisotopic (exact) mass is 388 g/mol. The fourth-order valence-electron chi connectivity index (χ4n) is 3.20. The largest absolute Gasteiger partial charge is 0.490 e. The van der Waals surface area contributed by atoms with Crippen molar-refractivity contribution >= 4 is 17.2 Å². The molecule has 3 rings (SSSR count). The van der Waals surface area contributed by atoms with Crippen LogP contribution in [0.2, 0.25) is 0 Å². The number of rotatable bonds is 10. The Kier molecular flexibility index (Phi) is 7.54. The molecule has 1 amide bonds. The van der Waals surface area contributed by atoms with Gasteiger partial charge in [0, 0.05) is 37.5 Å². The first-order valence-electron chi connectivity index (χ1n) is 9.65. The first-order valence-corrected chi connectivity index (χ1v) is 10.5. The molecule has 2 aromatic rings. The molecule has 0 fully saturated rings. The molecule has 2 heterocycles. The molecule has 1 N–H and O–H groups in total. The summed E-state index contributed by atoms with van der Waals surface area (Å²) in [4.78, 5) is 15.9. The average molecular weight is 389 g/mol. The van der Waals surface area contributed by atoms with Crippen molar-refractivity contribution in [2.24, 2.45) is 0 Å². The second kappa shape index (κ2) is 10.3. The van der Waals surface area contributed by atoms with E-state index in [2.05, 4.69) is 21.7 Å². The van der Waals surface area contributed by atoms with Gasteiger partial charge < -0.3 is 14.8 Å². The lowest BCUT2D eigenvalue weighted by Gasteiger charge is -2.26. The van der Waals surface area contributed by atoms with Gasteiger partial charge in [0.05, 0.1) is 13.2 Å². The molecule has 0 atom stereocenters. The highest BCUT2D eigenvalue weighted by Gasteiger charge is 2.16. The van der Waals surface area contributed by atoms with Gasteiger partial charge in [-0.1, -0.05) is 12.1 Å². The van der Waals surface area contributed by atoms with E-state index in [1.807, 2.05) is 42.5 Å². The van der Waals surface area contributed by atoms with Gasteiger partial charge >= 0.3 is 0 Å². The molecule has 0 unspecified atom stereocenters. The van der Waals surface area contributed by atoms with E-state index in [1.165, 1.54) is 10.4 Å². The van der Waals surface area contributed by atoms with E-state index in [0.29, 0.717) is 32.6 Å². The summed E-state index contributed by atoms with van der Waals surface area (Å²) in [5.41, 5.74) is 1.45. The fourth-order valence-corrected chi connectivity index (χ4v) is 4.09. The number of para-hydroxylation sites is 2. The number of nitrogens with zero attached hydrogens (tertiary/aromatic N) is 1. The first kappa shape index (κ1) is 19.7. The smallest absolute Gasteiger partial charge is 0.220 e. The molecule has 1 aliphatic rings. The van der Waals surface area contributed by atoms with Crippen LogP contribution >= 0.6 is 11.3 Å². The second-order valence-electron chi connectivity index (χ2n) is 6.58. The zero-order valence-corrected chi connectivity index (χ0v) is 16.7. The minimum atomic E-state index is 0.0879. The van der Waals surface area contributed by atoms with Gasteiger partial charge in [-0.3, -0.25) is 9.69 Å². The summed E-state index contributed by atoms with van der Waals surface area (Å²) in [5.74, 6) is 1.57. The molecule has 1 aromatic heterocycles. The molecule has 0 bridgehead atoms. The topological polar surface area (TPSA) is 50.8 Å². The average Bonchev–Trinajstić information content (AvgIpc) is 3.14. The number of carbonyl (C=O) groups is 1. The van der Waals surface area contributed by atoms with E-state index in [1.54, 1.807) is 0 Å². The third kappa shape index (κ3) is 5.97. The molecular formula is C21H28N2O3S. The normalized spacial score (nSPS) is 13.8. The van der Waals surface area contributed by atoms with Crippen LogP contribution in [0.15, 0.2) is 35.7 Å². The summed E-state index contributed by atoms with van der Waals surface area (Å²) in [5, 5.41) is 5.19. The maximum absolute atomic E-state index is 12.0. The molecule has 0 saturated carbocycles. The highest BCUT2D eigenvalue weighted by atomic mass is 32.1. The number of fused-ring (bicyclic) bond motifs is 1. The zero-order chi connectivity index (χ0) is 18.9. The van der Waals surface area contributed by atoms with Crippen LogP contribution in [0.4, 0.5) is 0 Å². The van der Waals surface area contributed by atoms with Crippen LogP contribution in [0.1, 0.15) is 30.2 Å². The van der Waals surface area contributed by atoms with Crippen molar-refractivity contribution in [1.29, 1.82) is 0 Å². The Morgan fingerprint density at radius 1 is 1.22 bits per heavy atom. The van der Waals surface area contributed by atoms with Crippen molar-refractivity contribution in [3.8, 4) is 11.5 Å². The minimum absolute atomic E-state index is 0.0879. The lowest BCUT2D eigenvalue weighted by Crippen LogP contribution is -2.37. The van der Waals surface area contributed by atoms with Gasteiger partial charge in [0.25, 0.3) is 0 Å². The van der Waals surface area contributed by atoms with Crippen LogP contribution < -0.4 is 14.8 Å². The quantitative estimate of drug-likeness (QED) is 0.633. The highest BCUT2D eigenvalue weighted by Crippen LogP contribution is 2.26. The fraction of sp³-hybridized carbons (Fsp3) is 0.476. The Hall–Kier alpha value is -2.05. The number of benzene rings is 1. The maximum Gasteiger partial charge on any atom is 0.220 e. The Morgan fingerprint density at radius 3 is 2.85 bits per heavy atom. The first-order chi connectivity index (χ1) is 13.3. The summed E-state index contributed by atoms with van der Waals surface area (Å²) in [7, 11) is 0. The number of thiophene rings is 1. The van der Waals surface area contributed by atoms with Crippen molar-refractivity contribution in [3.63, 3.8) is 0 Å². The molecule has 0 aliphatic carbocycles. The molecule has 6 heteroatoms. The molecule has 0 radical (unpaired) electrons. The molecule has 27 heavy (non-hydrogen) atoms. The van der Waals surface area contributed by atoms with Crippen LogP contribution in [-0.4, -0.2) is 43.7 Å². The van der Waals surface area contributed by atoms with Crippen molar-refractivity contribution in [2.75, 3.05) is 32.8 Å². The van der Waals surface area contributed by atoms with Crippen LogP contribution in [-0.2, 0) is 17.8 Å². The van der Waals surface area contributed by atoms with E-state index >= 15 is 0 Å².